The molecule has 0 unspecified atom stereocenters. The maximum absolute atomic E-state index is 12.4. The number of fused-ring (bicyclic) bond motifs is 2. The zero-order valence-corrected chi connectivity index (χ0v) is 15.2. The van der Waals surface area contributed by atoms with Gasteiger partial charge in [0.1, 0.15) is 5.75 Å². The van der Waals surface area contributed by atoms with Crippen LogP contribution in [0.5, 0.6) is 5.75 Å². The molecule has 2 aromatic heterocycles. The fraction of sp³-hybridized carbons (Fsp3) is 0.0455. The van der Waals surface area contributed by atoms with Crippen LogP contribution in [-0.4, -0.2) is 21.5 Å². The minimum Gasteiger partial charge on any atom is -0.416 e. The van der Waals surface area contributed by atoms with Gasteiger partial charge in [-0.25, -0.2) is 4.98 Å². The third-order valence-electron chi connectivity index (χ3n) is 4.51. The van der Waals surface area contributed by atoms with E-state index in [4.69, 9.17) is 4.42 Å². The predicted octanol–water partition coefficient (Wildman–Crippen LogP) is 6.00. The Morgan fingerprint density at radius 2 is 1.43 bits per heavy atom. The zero-order valence-electron chi connectivity index (χ0n) is 15.2. The summed E-state index contributed by atoms with van der Waals surface area (Å²) in [5.74, 6) is -0.0327. The molecule has 8 heteroatoms. The molecule has 30 heavy (non-hydrogen) atoms. The summed E-state index contributed by atoms with van der Waals surface area (Å²) in [6.07, 6.45) is -4.78. The third kappa shape index (κ3) is 3.55. The maximum atomic E-state index is 12.4. The second-order valence-corrected chi connectivity index (χ2v) is 6.58. The molecule has 0 aliphatic rings. The van der Waals surface area contributed by atoms with Crippen molar-refractivity contribution in [1.29, 1.82) is 0 Å². The number of nitrogens with zero attached hydrogens (tertiary/aromatic N) is 3. The van der Waals surface area contributed by atoms with Crippen molar-refractivity contribution >= 4 is 21.8 Å². The Kier molecular flexibility index (Phi) is 4.13. The van der Waals surface area contributed by atoms with Crippen LogP contribution < -0.4 is 4.74 Å². The molecular formula is C22H12F3N3O2. The molecule has 2 heterocycles. The number of rotatable bonds is 3. The number of hydrogen-bond donors (Lipinski definition) is 0. The predicted molar refractivity (Wildman–Crippen MR) is 105 cm³/mol. The fourth-order valence-corrected chi connectivity index (χ4v) is 3.19. The molecule has 3 aromatic carbocycles. The van der Waals surface area contributed by atoms with Gasteiger partial charge in [0, 0.05) is 21.9 Å². The van der Waals surface area contributed by atoms with Gasteiger partial charge in [0.15, 0.2) is 0 Å². The summed E-state index contributed by atoms with van der Waals surface area (Å²) in [6.45, 7) is 0. The van der Waals surface area contributed by atoms with Gasteiger partial charge in [0.2, 0.25) is 11.8 Å². The number of halogens is 3. The summed E-state index contributed by atoms with van der Waals surface area (Å²) in [7, 11) is 0. The van der Waals surface area contributed by atoms with E-state index in [9.17, 15) is 13.2 Å². The molecular weight excluding hydrogens is 395 g/mol. The Morgan fingerprint density at radius 1 is 0.700 bits per heavy atom. The van der Waals surface area contributed by atoms with Gasteiger partial charge in [-0.15, -0.1) is 23.4 Å². The van der Waals surface area contributed by atoms with Crippen LogP contribution in [0.25, 0.3) is 44.7 Å². The van der Waals surface area contributed by atoms with Crippen molar-refractivity contribution < 1.29 is 22.3 Å². The molecule has 0 radical (unpaired) electrons. The number of alkyl halides is 3. The second-order valence-electron chi connectivity index (χ2n) is 6.58. The number of para-hydroxylation sites is 1. The van der Waals surface area contributed by atoms with Crippen molar-refractivity contribution in [2.45, 2.75) is 6.36 Å². The molecule has 0 atom stereocenters. The van der Waals surface area contributed by atoms with E-state index in [2.05, 4.69) is 19.9 Å². The average Bonchev–Trinajstić information content (AvgIpc) is 3.21. The van der Waals surface area contributed by atoms with Gasteiger partial charge in [0.05, 0.1) is 11.0 Å². The first-order valence-corrected chi connectivity index (χ1v) is 8.94. The van der Waals surface area contributed by atoms with Gasteiger partial charge in [0.25, 0.3) is 0 Å². The average molecular weight is 407 g/mol. The first-order valence-electron chi connectivity index (χ1n) is 8.94. The lowest BCUT2D eigenvalue weighted by Crippen LogP contribution is -2.17. The molecule has 0 spiro atoms. The Bertz CT molecular complexity index is 1380. The lowest BCUT2D eigenvalue weighted by atomic mass is 10.1. The van der Waals surface area contributed by atoms with Gasteiger partial charge in [-0.2, -0.15) is 0 Å². The Labute approximate surface area is 167 Å². The van der Waals surface area contributed by atoms with E-state index < -0.39 is 6.36 Å². The highest BCUT2D eigenvalue weighted by atomic mass is 19.4. The van der Waals surface area contributed by atoms with Crippen molar-refractivity contribution in [2.24, 2.45) is 0 Å². The highest BCUT2D eigenvalue weighted by Gasteiger charge is 2.31. The van der Waals surface area contributed by atoms with Gasteiger partial charge in [-0.3, -0.25) is 0 Å². The molecule has 0 bridgehead atoms. The first-order chi connectivity index (χ1) is 14.4. The highest BCUT2D eigenvalue weighted by Crippen LogP contribution is 2.30. The summed E-state index contributed by atoms with van der Waals surface area (Å²) in [6, 6.07) is 20.8. The molecule has 0 amide bonds. The van der Waals surface area contributed by atoms with Crippen LogP contribution in [0.4, 0.5) is 13.2 Å². The fourth-order valence-electron chi connectivity index (χ4n) is 3.19. The van der Waals surface area contributed by atoms with E-state index in [0.29, 0.717) is 11.1 Å². The zero-order chi connectivity index (χ0) is 20.7. The van der Waals surface area contributed by atoms with E-state index in [1.54, 1.807) is 6.07 Å². The number of aromatic nitrogens is 3. The largest absolute Gasteiger partial charge is 0.573 e. The maximum Gasteiger partial charge on any atom is 0.573 e. The third-order valence-corrected chi connectivity index (χ3v) is 4.51. The highest BCUT2D eigenvalue weighted by molar-refractivity contribution is 5.94. The molecule has 0 saturated carbocycles. The van der Waals surface area contributed by atoms with Crippen LogP contribution in [0.1, 0.15) is 0 Å². The number of ether oxygens (including phenoxy) is 1. The van der Waals surface area contributed by atoms with E-state index >= 15 is 0 Å². The lowest BCUT2D eigenvalue weighted by Gasteiger charge is -2.08. The van der Waals surface area contributed by atoms with Gasteiger partial charge in [-0.05, 0) is 42.5 Å². The number of hydrogen-bond acceptors (Lipinski definition) is 5. The van der Waals surface area contributed by atoms with Crippen LogP contribution in [0.2, 0.25) is 0 Å². The number of pyridine rings is 1. The Morgan fingerprint density at radius 3 is 2.23 bits per heavy atom. The summed E-state index contributed by atoms with van der Waals surface area (Å²) in [4.78, 5) is 4.66. The second kappa shape index (κ2) is 6.84. The molecule has 5 rings (SSSR count). The monoisotopic (exact) mass is 407 g/mol. The van der Waals surface area contributed by atoms with Crippen LogP contribution >= 0.6 is 0 Å². The van der Waals surface area contributed by atoms with Crippen LogP contribution in [0.15, 0.2) is 77.2 Å². The molecule has 148 valence electrons. The topological polar surface area (TPSA) is 61.0 Å². The van der Waals surface area contributed by atoms with E-state index in [1.165, 1.54) is 18.2 Å². The standard InChI is InChI=1S/C22H12F3N3O2/c23-22(24,25)30-17-6-3-5-15(11-17)20-27-28-21(29-20)16-9-8-14-10-13-4-1-2-7-18(13)26-19(14)12-16/h1-12H. The number of benzene rings is 3. The van der Waals surface area contributed by atoms with Crippen LogP contribution in [0.3, 0.4) is 0 Å². The Hall–Kier alpha value is -3.94. The summed E-state index contributed by atoms with van der Waals surface area (Å²) >= 11 is 0. The van der Waals surface area contributed by atoms with Crippen LogP contribution in [0, 0.1) is 0 Å². The molecule has 0 aliphatic heterocycles. The van der Waals surface area contributed by atoms with Crippen LogP contribution in [-0.2, 0) is 0 Å². The SMILES string of the molecule is FC(F)(F)Oc1cccc(-c2nnc(-c3ccc4cc5ccccc5nc4c3)o2)c1. The van der Waals surface area contributed by atoms with Crippen molar-refractivity contribution in [3.8, 4) is 28.7 Å². The minimum absolute atomic E-state index is 0.0872. The molecule has 0 N–H and O–H groups in total. The normalized spacial score (nSPS) is 11.8. The van der Waals surface area contributed by atoms with E-state index in [1.807, 2.05) is 48.5 Å². The summed E-state index contributed by atoms with van der Waals surface area (Å²) in [5, 5.41) is 9.99. The van der Waals surface area contributed by atoms with Crippen molar-refractivity contribution in [3.05, 3.63) is 72.8 Å². The van der Waals surface area contributed by atoms with E-state index in [-0.39, 0.29) is 17.5 Å². The molecule has 0 saturated heterocycles. The van der Waals surface area contributed by atoms with Crippen molar-refractivity contribution in [1.82, 2.24) is 15.2 Å². The molecule has 5 aromatic rings. The Balaban J connectivity index is 1.50. The summed E-state index contributed by atoms with van der Waals surface area (Å²) in [5.41, 5.74) is 2.62. The van der Waals surface area contributed by atoms with Crippen molar-refractivity contribution in [2.75, 3.05) is 0 Å². The van der Waals surface area contributed by atoms with Gasteiger partial charge < -0.3 is 9.15 Å². The molecule has 0 aliphatic carbocycles. The summed E-state index contributed by atoms with van der Waals surface area (Å²) < 4.78 is 47.0. The van der Waals surface area contributed by atoms with E-state index in [0.717, 1.165) is 21.8 Å². The quantitative estimate of drug-likeness (QED) is 0.343. The minimum atomic E-state index is -4.78. The molecule has 0 fully saturated rings. The smallest absolute Gasteiger partial charge is 0.416 e. The van der Waals surface area contributed by atoms with Gasteiger partial charge >= 0.3 is 6.36 Å². The lowest BCUT2D eigenvalue weighted by molar-refractivity contribution is -0.274. The van der Waals surface area contributed by atoms with Crippen molar-refractivity contribution in [3.63, 3.8) is 0 Å². The van der Waals surface area contributed by atoms with Gasteiger partial charge in [-0.1, -0.05) is 30.3 Å². The molecule has 5 nitrogen and oxygen atoms in total. The first kappa shape index (κ1) is 18.1.